The molecule has 0 bridgehead atoms. The molecule has 0 saturated carbocycles. The fourth-order valence-electron chi connectivity index (χ4n) is 1.32. The Balaban J connectivity index is 0.00000169. The Morgan fingerprint density at radius 1 is 1.57 bits per heavy atom. The van der Waals surface area contributed by atoms with E-state index in [1.54, 1.807) is 7.05 Å². The van der Waals surface area contributed by atoms with E-state index in [2.05, 4.69) is 10.6 Å². The normalized spacial score (nSPS) is 24.8. The fraction of sp³-hybridized carbons (Fsp3) is 0.857. The summed E-state index contributed by atoms with van der Waals surface area (Å²) in [4.78, 5) is 10.9. The number of nitrogens with one attached hydrogen (secondary N) is 2. The molecule has 0 aromatic rings. The summed E-state index contributed by atoms with van der Waals surface area (Å²) in [6, 6.07) is -0.223. The van der Waals surface area contributed by atoms with E-state index < -0.39 is 9.84 Å². The van der Waals surface area contributed by atoms with Crippen LogP contribution in [0.3, 0.4) is 0 Å². The minimum Gasteiger partial charge on any atom is -0.359 e. The van der Waals surface area contributed by atoms with Crippen LogP contribution in [0, 0.1) is 0 Å². The van der Waals surface area contributed by atoms with Crippen molar-refractivity contribution in [2.75, 3.05) is 25.1 Å². The van der Waals surface area contributed by atoms with Crippen LogP contribution in [0.5, 0.6) is 0 Å². The van der Waals surface area contributed by atoms with Gasteiger partial charge >= 0.3 is 0 Å². The Labute approximate surface area is 90.0 Å². The van der Waals surface area contributed by atoms with Gasteiger partial charge in [-0.05, 0) is 0 Å². The van der Waals surface area contributed by atoms with Crippen molar-refractivity contribution in [2.24, 2.45) is 0 Å². The Bertz CT molecular complexity index is 291. The van der Waals surface area contributed by atoms with Crippen LogP contribution in [0.4, 0.5) is 0 Å². The number of carbonyl (C=O) groups is 1. The summed E-state index contributed by atoms with van der Waals surface area (Å²) in [6.07, 6.45) is 0.232. The van der Waals surface area contributed by atoms with Gasteiger partial charge in [0, 0.05) is 26.1 Å². The van der Waals surface area contributed by atoms with Crippen LogP contribution < -0.4 is 10.6 Å². The largest absolute Gasteiger partial charge is 0.359 e. The molecule has 5 nitrogen and oxygen atoms in total. The molecule has 1 amide bonds. The van der Waals surface area contributed by atoms with Crippen LogP contribution in [0.15, 0.2) is 0 Å². The molecular formula is C7H15ClN2O3S. The van der Waals surface area contributed by atoms with Crippen molar-refractivity contribution in [1.82, 2.24) is 10.6 Å². The average molecular weight is 243 g/mol. The van der Waals surface area contributed by atoms with Crippen LogP contribution in [0.25, 0.3) is 0 Å². The van der Waals surface area contributed by atoms with E-state index in [0.717, 1.165) is 0 Å². The zero-order valence-electron chi connectivity index (χ0n) is 7.95. The lowest BCUT2D eigenvalue weighted by atomic mass is 10.2. The van der Waals surface area contributed by atoms with Gasteiger partial charge in [0.1, 0.15) is 0 Å². The average Bonchev–Trinajstić information content (AvgIpc) is 2.02. The quantitative estimate of drug-likeness (QED) is 0.647. The Morgan fingerprint density at radius 3 is 2.71 bits per heavy atom. The van der Waals surface area contributed by atoms with Crippen LogP contribution in [-0.4, -0.2) is 45.5 Å². The minimum atomic E-state index is -2.93. The summed E-state index contributed by atoms with van der Waals surface area (Å²) >= 11 is 0. The molecule has 1 saturated heterocycles. The lowest BCUT2D eigenvalue weighted by molar-refractivity contribution is -0.121. The highest BCUT2D eigenvalue weighted by Gasteiger charge is 2.25. The molecule has 1 aliphatic heterocycles. The molecule has 1 rings (SSSR count). The monoisotopic (exact) mass is 242 g/mol. The van der Waals surface area contributed by atoms with E-state index in [0.29, 0.717) is 6.54 Å². The number of halogens is 1. The second kappa shape index (κ2) is 5.53. The zero-order chi connectivity index (χ0) is 9.90. The molecule has 0 radical (unpaired) electrons. The molecule has 84 valence electrons. The maximum absolute atomic E-state index is 11.2. The first-order valence-corrected chi connectivity index (χ1v) is 6.00. The van der Waals surface area contributed by atoms with Crippen molar-refractivity contribution in [2.45, 2.75) is 12.5 Å². The number of sulfone groups is 1. The molecule has 7 heteroatoms. The predicted molar refractivity (Wildman–Crippen MR) is 56.4 cm³/mol. The van der Waals surface area contributed by atoms with Crippen molar-refractivity contribution in [3.63, 3.8) is 0 Å². The Morgan fingerprint density at radius 2 is 2.21 bits per heavy atom. The molecule has 1 unspecified atom stereocenters. The summed E-state index contributed by atoms with van der Waals surface area (Å²) < 4.78 is 22.3. The van der Waals surface area contributed by atoms with Gasteiger partial charge in [-0.15, -0.1) is 12.4 Å². The molecule has 0 aliphatic carbocycles. The minimum absolute atomic E-state index is 0. The molecule has 0 aromatic heterocycles. The third kappa shape index (κ3) is 4.26. The van der Waals surface area contributed by atoms with Crippen molar-refractivity contribution in [3.05, 3.63) is 0 Å². The van der Waals surface area contributed by atoms with Gasteiger partial charge in [-0.1, -0.05) is 0 Å². The van der Waals surface area contributed by atoms with E-state index in [1.807, 2.05) is 0 Å². The summed E-state index contributed by atoms with van der Waals surface area (Å²) in [6.45, 7) is 0.448. The number of amides is 1. The first kappa shape index (κ1) is 13.7. The van der Waals surface area contributed by atoms with Gasteiger partial charge in [0.15, 0.2) is 9.84 Å². The van der Waals surface area contributed by atoms with Gasteiger partial charge in [0.05, 0.1) is 11.5 Å². The molecule has 1 heterocycles. The summed E-state index contributed by atoms with van der Waals surface area (Å²) in [7, 11) is -1.39. The third-order valence-corrected chi connectivity index (χ3v) is 3.75. The highest BCUT2D eigenvalue weighted by molar-refractivity contribution is 7.91. The van der Waals surface area contributed by atoms with Crippen molar-refractivity contribution in [1.29, 1.82) is 0 Å². The van der Waals surface area contributed by atoms with Gasteiger partial charge in [0.2, 0.25) is 5.91 Å². The number of carbonyl (C=O) groups excluding carboxylic acids is 1. The molecule has 1 aliphatic rings. The molecule has 14 heavy (non-hydrogen) atoms. The first-order valence-electron chi connectivity index (χ1n) is 4.18. The molecule has 1 fully saturated rings. The van der Waals surface area contributed by atoms with Gasteiger partial charge < -0.3 is 10.6 Å². The summed E-state index contributed by atoms with van der Waals surface area (Å²) in [5.41, 5.74) is 0. The van der Waals surface area contributed by atoms with Crippen LogP contribution >= 0.6 is 12.4 Å². The maximum atomic E-state index is 11.2. The fourth-order valence-corrected chi connectivity index (χ4v) is 2.77. The number of rotatable bonds is 2. The zero-order valence-corrected chi connectivity index (χ0v) is 9.58. The van der Waals surface area contributed by atoms with E-state index in [4.69, 9.17) is 0 Å². The van der Waals surface area contributed by atoms with Crippen LogP contribution in [-0.2, 0) is 14.6 Å². The first-order chi connectivity index (χ1) is 6.03. The Hall–Kier alpha value is -0.330. The van der Waals surface area contributed by atoms with E-state index in [-0.39, 0.29) is 42.3 Å². The highest BCUT2D eigenvalue weighted by atomic mass is 35.5. The van der Waals surface area contributed by atoms with Gasteiger partial charge in [-0.25, -0.2) is 8.42 Å². The lowest BCUT2D eigenvalue weighted by Crippen LogP contribution is -2.47. The van der Waals surface area contributed by atoms with E-state index >= 15 is 0 Å². The Kier molecular flexibility index (Phi) is 5.40. The summed E-state index contributed by atoms with van der Waals surface area (Å²) in [5.74, 6) is 0.118. The summed E-state index contributed by atoms with van der Waals surface area (Å²) in [5, 5.41) is 5.47. The van der Waals surface area contributed by atoms with Gasteiger partial charge in [-0.3, -0.25) is 4.79 Å². The van der Waals surface area contributed by atoms with E-state index in [9.17, 15) is 13.2 Å². The van der Waals surface area contributed by atoms with Crippen LogP contribution in [0.2, 0.25) is 0 Å². The second-order valence-electron chi connectivity index (χ2n) is 3.14. The molecule has 1 atom stereocenters. The molecule has 0 aromatic carbocycles. The topological polar surface area (TPSA) is 75.3 Å². The lowest BCUT2D eigenvalue weighted by Gasteiger charge is -2.22. The third-order valence-electron chi connectivity index (χ3n) is 2.01. The number of hydrogen-bond acceptors (Lipinski definition) is 4. The molecular weight excluding hydrogens is 228 g/mol. The van der Waals surface area contributed by atoms with E-state index in [1.165, 1.54) is 0 Å². The van der Waals surface area contributed by atoms with Gasteiger partial charge in [-0.2, -0.15) is 0 Å². The van der Waals surface area contributed by atoms with Crippen molar-refractivity contribution < 1.29 is 13.2 Å². The number of hydrogen-bond donors (Lipinski definition) is 2. The molecule has 0 spiro atoms. The molecule has 2 N–H and O–H groups in total. The standard InChI is InChI=1S/C7H14N2O3S.ClH/c1-8-7(10)4-6-5-13(11,12)3-2-9-6;/h6,9H,2-5H2,1H3,(H,8,10);1H. The maximum Gasteiger partial charge on any atom is 0.221 e. The van der Waals surface area contributed by atoms with Crippen LogP contribution in [0.1, 0.15) is 6.42 Å². The SMILES string of the molecule is CNC(=O)CC1CS(=O)(=O)CCN1.Cl. The smallest absolute Gasteiger partial charge is 0.221 e. The predicted octanol–water partition coefficient (Wildman–Crippen LogP) is -1.07. The van der Waals surface area contributed by atoms with Gasteiger partial charge in [0.25, 0.3) is 0 Å². The van der Waals surface area contributed by atoms with Crippen molar-refractivity contribution >= 4 is 28.2 Å². The highest BCUT2D eigenvalue weighted by Crippen LogP contribution is 2.04. The van der Waals surface area contributed by atoms with Crippen molar-refractivity contribution in [3.8, 4) is 0 Å². The second-order valence-corrected chi connectivity index (χ2v) is 5.37.